The normalized spacial score (nSPS) is 11.2. The van der Waals surface area contributed by atoms with E-state index in [1.165, 1.54) is 6.92 Å². The van der Waals surface area contributed by atoms with Gasteiger partial charge in [-0.1, -0.05) is 19.8 Å². The number of aliphatic hydroxyl groups excluding tert-OH is 2. The number of hydrogen-bond acceptors (Lipinski definition) is 7. The van der Waals surface area contributed by atoms with Crippen LogP contribution in [0, 0.1) is 5.41 Å². The molecule has 7 heteroatoms. The van der Waals surface area contributed by atoms with Gasteiger partial charge in [-0.05, 0) is 39.0 Å². The fourth-order valence-electron chi connectivity index (χ4n) is 2.40. The molecule has 0 atom stereocenters. The molecule has 0 aliphatic carbocycles. The first-order chi connectivity index (χ1) is 12.4. The number of hydrogen-bond donors (Lipinski definition) is 2. The molecule has 0 heterocycles. The van der Waals surface area contributed by atoms with E-state index in [1.807, 2.05) is 0 Å². The molecule has 0 amide bonds. The van der Waals surface area contributed by atoms with Gasteiger partial charge in [-0.3, -0.25) is 14.4 Å². The van der Waals surface area contributed by atoms with Gasteiger partial charge in [0.15, 0.2) is 0 Å². The lowest BCUT2D eigenvalue weighted by atomic mass is 9.83. The largest absolute Gasteiger partial charge is 0.464 e. The van der Waals surface area contributed by atoms with Gasteiger partial charge in [0.1, 0.15) is 19.0 Å². The highest BCUT2D eigenvalue weighted by atomic mass is 16.5. The summed E-state index contributed by atoms with van der Waals surface area (Å²) < 4.78 is 10.5. The van der Waals surface area contributed by atoms with Crippen LogP contribution in [0.25, 0.3) is 0 Å². The van der Waals surface area contributed by atoms with Crippen molar-refractivity contribution in [3.8, 4) is 0 Å². The lowest BCUT2D eigenvalue weighted by Crippen LogP contribution is -2.40. The van der Waals surface area contributed by atoms with Crippen molar-refractivity contribution in [3.63, 3.8) is 0 Å². The molecule has 0 spiro atoms. The molecule has 0 aromatic heterocycles. The molecule has 0 fully saturated rings. The minimum atomic E-state index is -1.01. The molecule has 0 aromatic carbocycles. The number of rotatable bonds is 16. The number of esters is 2. The van der Waals surface area contributed by atoms with Crippen molar-refractivity contribution >= 4 is 17.7 Å². The fraction of sp³-hybridized carbons (Fsp3) is 0.842. The summed E-state index contributed by atoms with van der Waals surface area (Å²) in [6, 6.07) is 0. The van der Waals surface area contributed by atoms with Crippen LogP contribution < -0.4 is 0 Å². The minimum absolute atomic E-state index is 0.101. The van der Waals surface area contributed by atoms with Crippen LogP contribution in [0.4, 0.5) is 0 Å². The molecule has 0 radical (unpaired) electrons. The van der Waals surface area contributed by atoms with Crippen LogP contribution in [-0.4, -0.2) is 54.4 Å². The van der Waals surface area contributed by atoms with Crippen molar-refractivity contribution in [2.45, 2.75) is 71.6 Å². The molecule has 0 rings (SSSR count). The molecule has 0 bridgehead atoms. The highest BCUT2D eigenvalue weighted by Gasteiger charge is 2.37. The van der Waals surface area contributed by atoms with Crippen LogP contribution in [0.1, 0.15) is 71.6 Å². The Labute approximate surface area is 156 Å². The van der Waals surface area contributed by atoms with E-state index in [4.69, 9.17) is 19.7 Å². The van der Waals surface area contributed by atoms with Gasteiger partial charge in [0, 0.05) is 26.1 Å². The average molecular weight is 374 g/mol. The van der Waals surface area contributed by atoms with Crippen molar-refractivity contribution in [1.82, 2.24) is 0 Å². The highest BCUT2D eigenvalue weighted by molar-refractivity contribution is 5.83. The van der Waals surface area contributed by atoms with Crippen LogP contribution in [0.5, 0.6) is 0 Å². The monoisotopic (exact) mass is 374 g/mol. The van der Waals surface area contributed by atoms with Gasteiger partial charge in [0.05, 0.1) is 5.41 Å². The van der Waals surface area contributed by atoms with Gasteiger partial charge in [-0.25, -0.2) is 0 Å². The molecule has 0 aliphatic heterocycles. The second-order valence-electron chi connectivity index (χ2n) is 6.58. The third kappa shape index (κ3) is 10.5. The molecular weight excluding hydrogens is 340 g/mol. The predicted molar refractivity (Wildman–Crippen MR) is 96.4 cm³/mol. The van der Waals surface area contributed by atoms with E-state index in [0.717, 1.165) is 12.8 Å². The zero-order valence-electron chi connectivity index (χ0n) is 16.1. The van der Waals surface area contributed by atoms with Gasteiger partial charge in [-0.2, -0.15) is 0 Å². The second-order valence-corrected chi connectivity index (χ2v) is 6.58. The van der Waals surface area contributed by atoms with Crippen molar-refractivity contribution in [2.24, 2.45) is 5.41 Å². The summed E-state index contributed by atoms with van der Waals surface area (Å²) in [4.78, 5) is 35.7. The van der Waals surface area contributed by atoms with Gasteiger partial charge in [0.25, 0.3) is 0 Å². The van der Waals surface area contributed by atoms with Crippen molar-refractivity contribution < 1.29 is 34.1 Å². The highest BCUT2D eigenvalue weighted by Crippen LogP contribution is 2.25. The molecule has 0 unspecified atom stereocenters. The van der Waals surface area contributed by atoms with Crippen LogP contribution in [0.15, 0.2) is 0 Å². The maximum absolute atomic E-state index is 12.1. The van der Waals surface area contributed by atoms with E-state index in [2.05, 4.69) is 0 Å². The van der Waals surface area contributed by atoms with E-state index < -0.39 is 17.4 Å². The number of ketones is 1. The van der Waals surface area contributed by atoms with Crippen LogP contribution in [0.3, 0.4) is 0 Å². The van der Waals surface area contributed by atoms with Gasteiger partial charge in [0.2, 0.25) is 0 Å². The van der Waals surface area contributed by atoms with E-state index in [9.17, 15) is 14.4 Å². The van der Waals surface area contributed by atoms with Gasteiger partial charge >= 0.3 is 11.9 Å². The maximum Gasteiger partial charge on any atom is 0.305 e. The van der Waals surface area contributed by atoms with Crippen molar-refractivity contribution in [1.29, 1.82) is 0 Å². The Hall–Kier alpha value is -1.47. The molecule has 152 valence electrons. The second kappa shape index (κ2) is 14.7. The van der Waals surface area contributed by atoms with Crippen molar-refractivity contribution in [2.75, 3.05) is 26.4 Å². The van der Waals surface area contributed by atoms with Crippen LogP contribution in [-0.2, 0) is 23.9 Å². The molecule has 0 aliphatic rings. The lowest BCUT2D eigenvalue weighted by Gasteiger charge is -2.29. The first-order valence-electron chi connectivity index (χ1n) is 9.46. The third-order valence-electron chi connectivity index (χ3n) is 4.52. The van der Waals surface area contributed by atoms with Crippen LogP contribution >= 0.6 is 0 Å². The standard InChI is InChI=1S/C19H34O7/c1-3-19(16(2)22,14-25-17(23)10-6-4-8-12-20)15-26-18(24)11-7-5-9-13-21/h20-21H,3-15H2,1-2H3. The quantitative estimate of drug-likeness (QED) is 0.315. The first-order valence-corrected chi connectivity index (χ1v) is 9.46. The molecule has 26 heavy (non-hydrogen) atoms. The maximum atomic E-state index is 12.1. The van der Waals surface area contributed by atoms with Crippen molar-refractivity contribution in [3.05, 3.63) is 0 Å². The Morgan fingerprint density at radius 2 is 1.19 bits per heavy atom. The number of Topliss-reactive ketones (excluding diaryl/α,β-unsaturated/α-hetero) is 1. The summed E-state index contributed by atoms with van der Waals surface area (Å²) in [5, 5.41) is 17.4. The van der Waals surface area contributed by atoms with Crippen LogP contribution in [0.2, 0.25) is 0 Å². The van der Waals surface area contributed by atoms with E-state index in [0.29, 0.717) is 32.1 Å². The number of carbonyl (C=O) groups is 3. The summed E-state index contributed by atoms with van der Waals surface area (Å²) in [6.07, 6.45) is 4.91. The number of aliphatic hydroxyl groups is 2. The van der Waals surface area contributed by atoms with Gasteiger partial charge in [-0.15, -0.1) is 0 Å². The van der Waals surface area contributed by atoms with E-state index in [-0.39, 0.29) is 45.1 Å². The summed E-state index contributed by atoms with van der Waals surface area (Å²) in [5.74, 6) is -0.962. The number of unbranched alkanes of at least 4 members (excludes halogenated alkanes) is 4. The fourth-order valence-corrected chi connectivity index (χ4v) is 2.40. The number of carbonyl (C=O) groups excluding carboxylic acids is 3. The Morgan fingerprint density at radius 1 is 0.769 bits per heavy atom. The molecule has 0 saturated heterocycles. The average Bonchev–Trinajstić information content (AvgIpc) is 2.62. The molecular formula is C19H34O7. The SMILES string of the molecule is CCC(COC(=O)CCCCCO)(COC(=O)CCCCCO)C(C)=O. The molecule has 0 saturated carbocycles. The summed E-state index contributed by atoms with van der Waals surface area (Å²) in [6.45, 7) is 3.21. The van der Waals surface area contributed by atoms with Gasteiger partial charge < -0.3 is 19.7 Å². The zero-order chi connectivity index (χ0) is 19.8. The molecule has 2 N–H and O–H groups in total. The lowest BCUT2D eigenvalue weighted by molar-refractivity contribution is -0.158. The minimum Gasteiger partial charge on any atom is -0.464 e. The summed E-state index contributed by atoms with van der Waals surface area (Å²) >= 11 is 0. The first kappa shape index (κ1) is 24.5. The molecule has 0 aromatic rings. The summed E-state index contributed by atoms with van der Waals surface area (Å²) in [5.41, 5.74) is -1.01. The van der Waals surface area contributed by atoms with E-state index in [1.54, 1.807) is 6.92 Å². The smallest absolute Gasteiger partial charge is 0.305 e. The molecule has 7 nitrogen and oxygen atoms in total. The predicted octanol–water partition coefficient (Wildman–Crippen LogP) is 2.16. The number of ether oxygens (including phenoxy) is 2. The van der Waals surface area contributed by atoms with E-state index >= 15 is 0 Å². The Balaban J connectivity index is 4.40. The Bertz CT molecular complexity index is 392. The topological polar surface area (TPSA) is 110 Å². The summed E-state index contributed by atoms with van der Waals surface area (Å²) in [7, 11) is 0. The Morgan fingerprint density at radius 3 is 1.50 bits per heavy atom. The zero-order valence-corrected chi connectivity index (χ0v) is 16.1. The Kier molecular flexibility index (Phi) is 13.8. The third-order valence-corrected chi connectivity index (χ3v) is 4.52.